The van der Waals surface area contributed by atoms with Crippen molar-refractivity contribution in [1.82, 2.24) is 4.57 Å². The molecule has 1 heterocycles. The molecule has 124 valence electrons. The molecular weight excluding hydrogens is 348 g/mol. The Morgan fingerprint density at radius 3 is 2.38 bits per heavy atom. The molecule has 0 radical (unpaired) electrons. The molecule has 0 unspecified atom stereocenters. The number of benzene rings is 2. The van der Waals surface area contributed by atoms with E-state index in [1.807, 2.05) is 23.7 Å². The maximum Gasteiger partial charge on any atom is 0.279 e. The average molecular weight is 363 g/mol. The molecule has 0 N–H and O–H groups in total. The molecule has 3 rings (SSSR count). The summed E-state index contributed by atoms with van der Waals surface area (Å²) in [5.41, 5.74) is 1.41. The van der Waals surface area contributed by atoms with E-state index in [1.54, 1.807) is 38.5 Å². The lowest BCUT2D eigenvalue weighted by Gasteiger charge is -2.07. The summed E-state index contributed by atoms with van der Waals surface area (Å²) in [4.78, 5) is 17.2. The molecule has 0 atom stereocenters. The van der Waals surface area contributed by atoms with E-state index in [9.17, 15) is 4.79 Å². The summed E-state index contributed by atoms with van der Waals surface area (Å²) in [5.74, 6) is 0.962. The number of rotatable bonds is 3. The van der Waals surface area contributed by atoms with E-state index >= 15 is 0 Å². The van der Waals surface area contributed by atoms with Crippen molar-refractivity contribution in [1.29, 1.82) is 0 Å². The van der Waals surface area contributed by atoms with Gasteiger partial charge in [0.25, 0.3) is 5.91 Å². The number of halogens is 1. The van der Waals surface area contributed by atoms with E-state index in [0.717, 1.165) is 10.2 Å². The van der Waals surface area contributed by atoms with Gasteiger partial charge in [-0.05, 0) is 24.3 Å². The largest absolute Gasteiger partial charge is 0.493 e. The van der Waals surface area contributed by atoms with E-state index in [1.165, 1.54) is 11.3 Å². The zero-order chi connectivity index (χ0) is 17.3. The number of aromatic nitrogens is 1. The van der Waals surface area contributed by atoms with Gasteiger partial charge in [-0.1, -0.05) is 22.9 Å². The second kappa shape index (κ2) is 6.67. The molecule has 1 aromatic heterocycles. The summed E-state index contributed by atoms with van der Waals surface area (Å²) >= 11 is 7.26. The zero-order valence-electron chi connectivity index (χ0n) is 13.4. The van der Waals surface area contributed by atoms with E-state index in [2.05, 4.69) is 4.99 Å². The van der Waals surface area contributed by atoms with Crippen molar-refractivity contribution in [3.63, 3.8) is 0 Å². The second-order valence-corrected chi connectivity index (χ2v) is 6.49. The Morgan fingerprint density at radius 1 is 1.12 bits per heavy atom. The Hall–Kier alpha value is -2.31. The molecule has 0 aliphatic heterocycles. The summed E-state index contributed by atoms with van der Waals surface area (Å²) in [6, 6.07) is 10.4. The third kappa shape index (κ3) is 3.02. The standard InChI is InChI=1S/C17H15ClN2O3S/c1-20-12-8-13(22-2)14(23-3)9-15(12)24-17(20)19-16(21)10-4-6-11(18)7-5-10/h4-9H,1-3H3. The minimum atomic E-state index is -0.312. The number of hydrogen-bond donors (Lipinski definition) is 0. The number of hydrogen-bond acceptors (Lipinski definition) is 4. The number of ether oxygens (including phenoxy) is 2. The first kappa shape index (κ1) is 16.5. The first-order valence-corrected chi connectivity index (χ1v) is 8.29. The van der Waals surface area contributed by atoms with E-state index in [0.29, 0.717) is 26.9 Å². The molecular formula is C17H15ClN2O3S. The number of thiazole rings is 1. The van der Waals surface area contributed by atoms with E-state index in [4.69, 9.17) is 21.1 Å². The first-order chi connectivity index (χ1) is 11.5. The molecule has 0 fully saturated rings. The highest BCUT2D eigenvalue weighted by Crippen LogP contribution is 2.33. The molecule has 0 saturated heterocycles. The number of methoxy groups -OCH3 is 2. The fourth-order valence-electron chi connectivity index (χ4n) is 2.31. The van der Waals surface area contributed by atoms with Crippen LogP contribution in [0.3, 0.4) is 0 Å². The lowest BCUT2D eigenvalue weighted by molar-refractivity contribution is 0.0998. The number of aryl methyl sites for hydroxylation is 1. The summed E-state index contributed by atoms with van der Waals surface area (Å²) in [6.45, 7) is 0. The van der Waals surface area contributed by atoms with Gasteiger partial charge in [-0.2, -0.15) is 4.99 Å². The maximum atomic E-state index is 12.3. The Kier molecular flexibility index (Phi) is 4.59. The quantitative estimate of drug-likeness (QED) is 0.714. The predicted octanol–water partition coefficient (Wildman–Crippen LogP) is 3.65. The number of fused-ring (bicyclic) bond motifs is 1. The van der Waals surface area contributed by atoms with Crippen LogP contribution < -0.4 is 14.3 Å². The Balaban J connectivity index is 2.10. The Morgan fingerprint density at radius 2 is 1.75 bits per heavy atom. The van der Waals surface area contributed by atoms with E-state index < -0.39 is 0 Å². The van der Waals surface area contributed by atoms with Crippen molar-refractivity contribution in [3.8, 4) is 11.5 Å². The summed E-state index contributed by atoms with van der Waals surface area (Å²) < 4.78 is 13.5. The van der Waals surface area contributed by atoms with Crippen LogP contribution in [0, 0.1) is 0 Å². The molecule has 7 heteroatoms. The van der Waals surface area contributed by atoms with Crippen LogP contribution in [0.2, 0.25) is 5.02 Å². The number of amides is 1. The molecule has 0 saturated carbocycles. The summed E-state index contributed by atoms with van der Waals surface area (Å²) in [5, 5.41) is 0.582. The molecule has 5 nitrogen and oxygen atoms in total. The predicted molar refractivity (Wildman–Crippen MR) is 95.2 cm³/mol. The fourth-order valence-corrected chi connectivity index (χ4v) is 3.46. The van der Waals surface area contributed by atoms with Crippen LogP contribution in [-0.4, -0.2) is 24.7 Å². The SMILES string of the molecule is COc1cc2sc(=NC(=O)c3ccc(Cl)cc3)n(C)c2cc1OC. The van der Waals surface area contributed by atoms with Crippen molar-refractivity contribution < 1.29 is 14.3 Å². The fraction of sp³-hybridized carbons (Fsp3) is 0.176. The lowest BCUT2D eigenvalue weighted by Crippen LogP contribution is -2.13. The molecule has 0 aliphatic carbocycles. The van der Waals surface area contributed by atoms with Crippen molar-refractivity contribution in [2.75, 3.05) is 14.2 Å². The first-order valence-electron chi connectivity index (χ1n) is 7.09. The van der Waals surface area contributed by atoms with Gasteiger partial charge in [0.05, 0.1) is 24.4 Å². The van der Waals surface area contributed by atoms with Gasteiger partial charge in [0.1, 0.15) is 0 Å². The van der Waals surface area contributed by atoms with Gasteiger partial charge in [0, 0.05) is 29.8 Å². The molecule has 0 aliphatic rings. The Labute approximate surface area is 147 Å². The van der Waals surface area contributed by atoms with Crippen LogP contribution in [0.15, 0.2) is 41.4 Å². The Bertz CT molecular complexity index is 974. The molecule has 3 aromatic rings. The van der Waals surface area contributed by atoms with Crippen LogP contribution >= 0.6 is 22.9 Å². The lowest BCUT2D eigenvalue weighted by atomic mass is 10.2. The molecule has 24 heavy (non-hydrogen) atoms. The van der Waals surface area contributed by atoms with Crippen LogP contribution in [0.4, 0.5) is 0 Å². The highest BCUT2D eigenvalue weighted by atomic mass is 35.5. The van der Waals surface area contributed by atoms with Crippen molar-refractivity contribution >= 4 is 39.1 Å². The summed E-state index contributed by atoms with van der Waals surface area (Å²) in [7, 11) is 5.04. The van der Waals surface area contributed by atoms with Gasteiger partial charge in [-0.3, -0.25) is 4.79 Å². The van der Waals surface area contributed by atoms with Gasteiger partial charge in [0.2, 0.25) is 0 Å². The van der Waals surface area contributed by atoms with E-state index in [-0.39, 0.29) is 5.91 Å². The molecule has 1 amide bonds. The monoisotopic (exact) mass is 362 g/mol. The van der Waals surface area contributed by atoms with Crippen LogP contribution in [0.1, 0.15) is 10.4 Å². The van der Waals surface area contributed by atoms with Gasteiger partial charge >= 0.3 is 0 Å². The number of carbonyl (C=O) groups is 1. The van der Waals surface area contributed by atoms with Crippen LogP contribution in [-0.2, 0) is 7.05 Å². The van der Waals surface area contributed by atoms with Crippen molar-refractivity contribution in [3.05, 3.63) is 51.8 Å². The van der Waals surface area contributed by atoms with Crippen molar-refractivity contribution in [2.45, 2.75) is 0 Å². The zero-order valence-corrected chi connectivity index (χ0v) is 14.9. The number of nitrogens with zero attached hydrogens (tertiary/aromatic N) is 2. The smallest absolute Gasteiger partial charge is 0.279 e. The van der Waals surface area contributed by atoms with Crippen LogP contribution in [0.5, 0.6) is 11.5 Å². The van der Waals surface area contributed by atoms with Gasteiger partial charge in [-0.15, -0.1) is 0 Å². The third-order valence-electron chi connectivity index (χ3n) is 3.60. The minimum Gasteiger partial charge on any atom is -0.493 e. The van der Waals surface area contributed by atoms with Crippen LogP contribution in [0.25, 0.3) is 10.2 Å². The second-order valence-electron chi connectivity index (χ2n) is 5.04. The maximum absolute atomic E-state index is 12.3. The summed E-state index contributed by atoms with van der Waals surface area (Å²) in [6.07, 6.45) is 0. The molecule has 0 bridgehead atoms. The van der Waals surface area contributed by atoms with Gasteiger partial charge < -0.3 is 14.0 Å². The minimum absolute atomic E-state index is 0.312. The molecule has 2 aromatic carbocycles. The van der Waals surface area contributed by atoms with Crippen molar-refractivity contribution in [2.24, 2.45) is 12.0 Å². The third-order valence-corrected chi connectivity index (χ3v) is 4.95. The normalized spacial score (nSPS) is 11.8. The topological polar surface area (TPSA) is 52.8 Å². The highest BCUT2D eigenvalue weighted by Gasteiger charge is 2.12. The number of carbonyl (C=O) groups excluding carboxylic acids is 1. The molecule has 0 spiro atoms. The highest BCUT2D eigenvalue weighted by molar-refractivity contribution is 7.16. The van der Waals surface area contributed by atoms with Gasteiger partial charge in [0.15, 0.2) is 16.3 Å². The average Bonchev–Trinajstić information content (AvgIpc) is 2.89. The van der Waals surface area contributed by atoms with Gasteiger partial charge in [-0.25, -0.2) is 0 Å².